The highest BCUT2D eigenvalue weighted by Crippen LogP contribution is 2.28. The number of nitrogens with one attached hydrogen (secondary N) is 1. The minimum atomic E-state index is -0.569. The summed E-state index contributed by atoms with van der Waals surface area (Å²) in [6.07, 6.45) is 0.0890. The minimum absolute atomic E-state index is 0.0890. The molecule has 1 fully saturated rings. The van der Waals surface area contributed by atoms with Crippen LogP contribution >= 0.6 is 0 Å². The average Bonchev–Trinajstić information content (AvgIpc) is 3.05. The summed E-state index contributed by atoms with van der Waals surface area (Å²) in [5.74, 6) is -1.61. The van der Waals surface area contributed by atoms with Gasteiger partial charge in [-0.15, -0.1) is 0 Å². The van der Waals surface area contributed by atoms with E-state index < -0.39 is 17.8 Å². The number of ether oxygens (including phenoxy) is 1. The molecular formula is C22H24N2O4. The van der Waals surface area contributed by atoms with Crippen LogP contribution < -0.4 is 10.2 Å². The fourth-order valence-electron chi connectivity index (χ4n) is 3.41. The zero-order chi connectivity index (χ0) is 20.3. The first-order valence-electron chi connectivity index (χ1n) is 9.25. The highest BCUT2D eigenvalue weighted by atomic mass is 16.5. The van der Waals surface area contributed by atoms with Gasteiger partial charge in [-0.1, -0.05) is 36.4 Å². The Kier molecular flexibility index (Phi) is 5.78. The smallest absolute Gasteiger partial charge is 0.311 e. The highest BCUT2D eigenvalue weighted by Gasteiger charge is 2.36. The van der Waals surface area contributed by atoms with E-state index in [0.29, 0.717) is 0 Å². The van der Waals surface area contributed by atoms with Gasteiger partial charge >= 0.3 is 5.97 Å². The Labute approximate surface area is 164 Å². The van der Waals surface area contributed by atoms with Crippen molar-refractivity contribution in [1.82, 2.24) is 0 Å². The van der Waals surface area contributed by atoms with E-state index in [1.807, 2.05) is 63.2 Å². The minimum Gasteiger partial charge on any atom is -0.455 e. The molecule has 1 aliphatic heterocycles. The molecule has 6 heteroatoms. The molecule has 2 amide bonds. The Morgan fingerprint density at radius 2 is 1.68 bits per heavy atom. The van der Waals surface area contributed by atoms with Gasteiger partial charge in [0.15, 0.2) is 6.61 Å². The van der Waals surface area contributed by atoms with Gasteiger partial charge in [0.05, 0.1) is 5.92 Å². The molecule has 1 heterocycles. The molecule has 6 nitrogen and oxygen atoms in total. The number of anilines is 2. The molecule has 0 aromatic heterocycles. The van der Waals surface area contributed by atoms with Crippen molar-refractivity contribution in [3.63, 3.8) is 0 Å². The van der Waals surface area contributed by atoms with Crippen molar-refractivity contribution in [3.05, 3.63) is 59.2 Å². The number of carbonyl (C=O) groups is 3. The zero-order valence-electron chi connectivity index (χ0n) is 16.3. The van der Waals surface area contributed by atoms with Gasteiger partial charge in [0.2, 0.25) is 5.91 Å². The summed E-state index contributed by atoms with van der Waals surface area (Å²) < 4.78 is 5.17. The maximum Gasteiger partial charge on any atom is 0.311 e. The SMILES string of the molecule is Cc1ccccc1N1C[C@H](C(=O)OCC(=O)Nc2c(C)cccc2C)CC1=O. The molecule has 1 aliphatic rings. The average molecular weight is 380 g/mol. The molecule has 2 aromatic carbocycles. The van der Waals surface area contributed by atoms with E-state index in [2.05, 4.69) is 5.32 Å². The molecule has 0 bridgehead atoms. The Morgan fingerprint density at radius 3 is 2.36 bits per heavy atom. The number of hydrogen-bond acceptors (Lipinski definition) is 4. The van der Waals surface area contributed by atoms with Gasteiger partial charge in [-0.05, 0) is 43.5 Å². The van der Waals surface area contributed by atoms with Crippen molar-refractivity contribution in [3.8, 4) is 0 Å². The number of benzene rings is 2. The number of rotatable bonds is 5. The van der Waals surface area contributed by atoms with Crippen LogP contribution in [0.1, 0.15) is 23.1 Å². The summed E-state index contributed by atoms with van der Waals surface area (Å²) in [7, 11) is 0. The van der Waals surface area contributed by atoms with Gasteiger partial charge in [0.1, 0.15) is 0 Å². The van der Waals surface area contributed by atoms with Crippen LogP contribution in [-0.2, 0) is 19.1 Å². The van der Waals surface area contributed by atoms with E-state index in [0.717, 1.165) is 28.1 Å². The topological polar surface area (TPSA) is 75.7 Å². The Balaban J connectivity index is 1.56. The predicted octanol–water partition coefficient (Wildman–Crippen LogP) is 3.15. The first-order chi connectivity index (χ1) is 13.4. The largest absolute Gasteiger partial charge is 0.455 e. The van der Waals surface area contributed by atoms with Crippen LogP contribution in [0.25, 0.3) is 0 Å². The Hall–Kier alpha value is -3.15. The lowest BCUT2D eigenvalue weighted by atomic mass is 10.1. The second-order valence-corrected chi connectivity index (χ2v) is 7.11. The van der Waals surface area contributed by atoms with Crippen LogP contribution in [-0.4, -0.2) is 30.9 Å². The molecule has 1 saturated heterocycles. The fraction of sp³-hybridized carbons (Fsp3) is 0.318. The summed E-state index contributed by atoms with van der Waals surface area (Å²) in [5, 5.41) is 2.78. The standard InChI is InChI=1S/C22H24N2O4/c1-14-7-4-5-10-18(14)24-12-17(11-20(24)26)22(27)28-13-19(25)23-21-15(2)8-6-9-16(21)3/h4-10,17H,11-13H2,1-3H3,(H,23,25)/t17-/m1/s1. The lowest BCUT2D eigenvalue weighted by Crippen LogP contribution is -2.28. The Bertz CT molecular complexity index is 902. The molecule has 3 rings (SSSR count). The lowest BCUT2D eigenvalue weighted by Gasteiger charge is -2.18. The van der Waals surface area contributed by atoms with Crippen LogP contribution in [0.3, 0.4) is 0 Å². The van der Waals surface area contributed by atoms with Gasteiger partial charge in [0.25, 0.3) is 5.91 Å². The third-order valence-corrected chi connectivity index (χ3v) is 4.96. The molecule has 1 atom stereocenters. The number of para-hydroxylation sites is 2. The van der Waals surface area contributed by atoms with E-state index in [-0.39, 0.29) is 25.5 Å². The Morgan fingerprint density at radius 1 is 1.04 bits per heavy atom. The highest BCUT2D eigenvalue weighted by molar-refractivity contribution is 6.00. The van der Waals surface area contributed by atoms with E-state index >= 15 is 0 Å². The first-order valence-corrected chi connectivity index (χ1v) is 9.25. The summed E-state index contributed by atoms with van der Waals surface area (Å²) in [5.41, 5.74) is 4.38. The van der Waals surface area contributed by atoms with Crippen LogP contribution in [0.2, 0.25) is 0 Å². The van der Waals surface area contributed by atoms with Gasteiger partial charge in [-0.3, -0.25) is 14.4 Å². The lowest BCUT2D eigenvalue weighted by molar-refractivity contribution is -0.151. The number of carbonyl (C=O) groups excluding carboxylic acids is 3. The molecule has 0 spiro atoms. The fourth-order valence-corrected chi connectivity index (χ4v) is 3.41. The molecule has 28 heavy (non-hydrogen) atoms. The summed E-state index contributed by atoms with van der Waals surface area (Å²) in [6.45, 7) is 5.62. The van der Waals surface area contributed by atoms with Gasteiger partial charge < -0.3 is 15.0 Å². The van der Waals surface area contributed by atoms with Gasteiger partial charge in [0, 0.05) is 24.3 Å². The molecule has 146 valence electrons. The number of hydrogen-bond donors (Lipinski definition) is 1. The molecule has 0 radical (unpaired) electrons. The summed E-state index contributed by atoms with van der Waals surface area (Å²) >= 11 is 0. The van der Waals surface area contributed by atoms with Crippen molar-refractivity contribution in [2.24, 2.45) is 5.92 Å². The molecular weight excluding hydrogens is 356 g/mol. The van der Waals surface area contributed by atoms with E-state index in [1.54, 1.807) is 4.90 Å². The number of esters is 1. The van der Waals surface area contributed by atoms with Crippen LogP contribution in [0.15, 0.2) is 42.5 Å². The van der Waals surface area contributed by atoms with Crippen LogP contribution in [0.5, 0.6) is 0 Å². The van der Waals surface area contributed by atoms with Crippen molar-refractivity contribution in [2.45, 2.75) is 27.2 Å². The number of aryl methyl sites for hydroxylation is 3. The molecule has 2 aromatic rings. The van der Waals surface area contributed by atoms with Crippen molar-refractivity contribution >= 4 is 29.2 Å². The van der Waals surface area contributed by atoms with Crippen molar-refractivity contribution in [1.29, 1.82) is 0 Å². The van der Waals surface area contributed by atoms with E-state index in [4.69, 9.17) is 4.74 Å². The monoisotopic (exact) mass is 380 g/mol. The molecule has 0 unspecified atom stereocenters. The van der Waals surface area contributed by atoms with Gasteiger partial charge in [-0.2, -0.15) is 0 Å². The maximum atomic E-state index is 12.4. The van der Waals surface area contributed by atoms with Crippen LogP contribution in [0.4, 0.5) is 11.4 Å². The molecule has 0 saturated carbocycles. The quantitative estimate of drug-likeness (QED) is 0.809. The summed E-state index contributed by atoms with van der Waals surface area (Å²) in [4.78, 5) is 38.5. The van der Waals surface area contributed by atoms with Crippen LogP contribution in [0, 0.1) is 26.7 Å². The normalized spacial score (nSPS) is 16.2. The van der Waals surface area contributed by atoms with Gasteiger partial charge in [-0.25, -0.2) is 0 Å². The predicted molar refractivity (Wildman–Crippen MR) is 107 cm³/mol. The first kappa shape index (κ1) is 19.6. The number of amides is 2. The second-order valence-electron chi connectivity index (χ2n) is 7.11. The third kappa shape index (κ3) is 4.22. The zero-order valence-corrected chi connectivity index (χ0v) is 16.3. The number of nitrogens with zero attached hydrogens (tertiary/aromatic N) is 1. The molecule has 1 N–H and O–H groups in total. The van der Waals surface area contributed by atoms with E-state index in [9.17, 15) is 14.4 Å². The summed E-state index contributed by atoms with van der Waals surface area (Å²) in [6, 6.07) is 13.3. The van der Waals surface area contributed by atoms with Crippen molar-refractivity contribution in [2.75, 3.05) is 23.4 Å². The van der Waals surface area contributed by atoms with Crippen molar-refractivity contribution < 1.29 is 19.1 Å². The second kappa shape index (κ2) is 8.25. The third-order valence-electron chi connectivity index (χ3n) is 4.96. The maximum absolute atomic E-state index is 12.4. The molecule has 0 aliphatic carbocycles. The van der Waals surface area contributed by atoms with E-state index in [1.165, 1.54) is 0 Å².